The van der Waals surface area contributed by atoms with Gasteiger partial charge in [0.2, 0.25) is 0 Å². The Labute approximate surface area is 409 Å². The lowest BCUT2D eigenvalue weighted by molar-refractivity contribution is 0.425. The molecule has 3 aromatic heterocycles. The molecule has 2 N–H and O–H groups in total. The summed E-state index contributed by atoms with van der Waals surface area (Å²) < 4.78 is 102. The number of hydrogen-bond acceptors (Lipinski definition) is 13. The Morgan fingerprint density at radius 3 is 0.940 bits per heavy atom. The van der Waals surface area contributed by atoms with Crippen molar-refractivity contribution in [2.24, 2.45) is 0 Å². The zero-order chi connectivity index (χ0) is 48.5. The van der Waals surface area contributed by atoms with Crippen LogP contribution in [-0.4, -0.2) is 88.8 Å². The van der Waals surface area contributed by atoms with E-state index in [1.165, 1.54) is 12.4 Å². The fourth-order valence-electron chi connectivity index (χ4n) is 6.32. The number of sulfone groups is 4. The second kappa shape index (κ2) is 24.9. The Morgan fingerprint density at radius 2 is 0.657 bits per heavy atom. The van der Waals surface area contributed by atoms with Crippen molar-refractivity contribution in [3.8, 4) is 22.3 Å². The van der Waals surface area contributed by atoms with Gasteiger partial charge in [-0.15, -0.1) is 0 Å². The molecule has 7 rings (SSSR count). The van der Waals surface area contributed by atoms with Crippen LogP contribution in [0.15, 0.2) is 199 Å². The van der Waals surface area contributed by atoms with E-state index in [0.717, 1.165) is 22.3 Å². The van der Waals surface area contributed by atoms with Gasteiger partial charge in [-0.2, -0.15) is 0 Å². The Hall–Kier alpha value is -4.93. The number of rotatable bonds is 17. The molecule has 0 atom stereocenters. The molecule has 0 amide bonds. The van der Waals surface area contributed by atoms with Crippen LogP contribution in [0.25, 0.3) is 22.3 Å². The standard InChI is InChI=1S/C26H24N2O4S2.C16H16Br2O4S2.C5H6BNO2/c29-33(30,25-7-3-5-23(19-25)21-9-13-27-14-10-21)17-1-2-18-34(31,32)26-8-4-6-24(20-26)22-11-15-28-16-12-22;17-13-5-3-7-15(11-13)23(19,20)9-1-2-10-24(21,22)16-8-4-6-14(18)12-16;8-6(9)5-1-3-7-4-2-5/h3-16,19-20H,1-2,17-18H2;3-8,11-12H,1-2,9-10H2;1-4,8-9H. The molecule has 67 heavy (non-hydrogen) atoms. The molecular formula is C47H46BBr2N3O10S4. The third kappa shape index (κ3) is 16.7. The molecular weight excluding hydrogens is 1070 g/mol. The summed E-state index contributed by atoms with van der Waals surface area (Å²) in [6.07, 6.45) is 10.7. The van der Waals surface area contributed by atoms with E-state index in [9.17, 15) is 33.7 Å². The molecule has 0 aliphatic heterocycles. The molecule has 0 radical (unpaired) electrons. The summed E-state index contributed by atoms with van der Waals surface area (Å²) in [6, 6.07) is 36.9. The largest absolute Gasteiger partial charge is 0.488 e. The first-order valence-corrected chi connectivity index (χ1v) is 28.7. The van der Waals surface area contributed by atoms with E-state index in [2.05, 4.69) is 46.8 Å². The van der Waals surface area contributed by atoms with Gasteiger partial charge in [-0.05, 0) is 150 Å². The molecule has 0 spiro atoms. The summed E-state index contributed by atoms with van der Waals surface area (Å²) in [5.41, 5.74) is 3.81. The molecule has 20 heteroatoms. The maximum atomic E-state index is 12.8. The van der Waals surface area contributed by atoms with E-state index in [1.807, 2.05) is 36.4 Å². The molecule has 7 aromatic rings. The predicted octanol–water partition coefficient (Wildman–Crippen LogP) is 7.84. The lowest BCUT2D eigenvalue weighted by Crippen LogP contribution is -2.29. The van der Waals surface area contributed by atoms with E-state index in [0.29, 0.717) is 27.2 Å². The van der Waals surface area contributed by atoms with Crippen LogP contribution in [0, 0.1) is 0 Å². The van der Waals surface area contributed by atoms with Crippen LogP contribution in [-0.2, 0) is 39.3 Å². The van der Waals surface area contributed by atoms with Crippen molar-refractivity contribution in [2.45, 2.75) is 45.3 Å². The SMILES string of the molecule is O=S(=O)(CCCCS(=O)(=O)c1cccc(-c2ccncc2)c1)c1cccc(-c2ccncc2)c1.O=S(=O)(CCCCS(=O)(=O)c1cccc(Br)c1)c1cccc(Br)c1.OB(O)c1ccncc1. The summed E-state index contributed by atoms with van der Waals surface area (Å²) in [7, 11) is -15.3. The van der Waals surface area contributed by atoms with Crippen molar-refractivity contribution >= 4 is 83.8 Å². The predicted molar refractivity (Wildman–Crippen MR) is 268 cm³/mol. The lowest BCUT2D eigenvalue weighted by atomic mass is 9.81. The maximum absolute atomic E-state index is 12.8. The number of pyridine rings is 3. The number of aromatic nitrogens is 3. The molecule has 0 aliphatic rings. The number of benzene rings is 4. The normalized spacial score (nSPS) is 11.6. The molecule has 0 saturated carbocycles. The van der Waals surface area contributed by atoms with Crippen LogP contribution >= 0.6 is 31.9 Å². The van der Waals surface area contributed by atoms with Gasteiger partial charge in [0.1, 0.15) is 0 Å². The molecule has 4 aromatic carbocycles. The molecule has 0 aliphatic carbocycles. The van der Waals surface area contributed by atoms with Crippen molar-refractivity contribution in [3.05, 3.63) is 180 Å². The summed E-state index contributed by atoms with van der Waals surface area (Å²) in [5, 5.41) is 17.1. The second-order valence-corrected chi connectivity index (χ2v) is 25.1. The highest BCUT2D eigenvalue weighted by Crippen LogP contribution is 2.26. The highest BCUT2D eigenvalue weighted by atomic mass is 79.9. The van der Waals surface area contributed by atoms with Gasteiger partial charge in [0.15, 0.2) is 39.3 Å². The van der Waals surface area contributed by atoms with Gasteiger partial charge in [0.05, 0.1) is 42.6 Å². The monoisotopic (exact) mass is 1110 g/mol. The van der Waals surface area contributed by atoms with Crippen LogP contribution in [0.1, 0.15) is 25.7 Å². The number of nitrogens with zero attached hydrogens (tertiary/aromatic N) is 3. The lowest BCUT2D eigenvalue weighted by Gasteiger charge is -2.09. The minimum Gasteiger partial charge on any atom is -0.423 e. The minimum absolute atomic E-state index is 0.0720. The third-order valence-electron chi connectivity index (χ3n) is 9.88. The summed E-state index contributed by atoms with van der Waals surface area (Å²) >= 11 is 6.49. The van der Waals surface area contributed by atoms with E-state index in [4.69, 9.17) is 10.0 Å². The third-order valence-corrected chi connectivity index (χ3v) is 18.1. The number of halogens is 2. The second-order valence-electron chi connectivity index (χ2n) is 14.8. The Kier molecular flexibility index (Phi) is 19.7. The zero-order valence-corrected chi connectivity index (χ0v) is 42.2. The van der Waals surface area contributed by atoms with E-state index in [1.54, 1.807) is 122 Å². The molecule has 13 nitrogen and oxygen atoms in total. The van der Waals surface area contributed by atoms with Gasteiger partial charge < -0.3 is 10.0 Å². The minimum atomic E-state index is -3.53. The number of hydrogen-bond donors (Lipinski definition) is 2. The molecule has 0 saturated heterocycles. The van der Waals surface area contributed by atoms with Crippen molar-refractivity contribution in [1.29, 1.82) is 0 Å². The van der Waals surface area contributed by atoms with Crippen LogP contribution in [0.2, 0.25) is 0 Å². The van der Waals surface area contributed by atoms with Crippen molar-refractivity contribution in [2.75, 3.05) is 23.0 Å². The number of unbranched alkanes of at least 4 members (excludes halogenated alkanes) is 2. The highest BCUT2D eigenvalue weighted by Gasteiger charge is 2.20. The summed E-state index contributed by atoms with van der Waals surface area (Å²) in [6.45, 7) is 0. The quantitative estimate of drug-likeness (QED) is 0.0658. The van der Waals surface area contributed by atoms with Crippen molar-refractivity contribution < 1.29 is 43.7 Å². The first kappa shape index (κ1) is 53.0. The topological polar surface area (TPSA) is 216 Å². The first-order valence-electron chi connectivity index (χ1n) is 20.6. The smallest absolute Gasteiger partial charge is 0.423 e. The van der Waals surface area contributed by atoms with E-state index in [-0.39, 0.29) is 55.4 Å². The van der Waals surface area contributed by atoms with E-state index < -0.39 is 46.5 Å². The first-order chi connectivity index (χ1) is 31.9. The molecule has 0 bridgehead atoms. The highest BCUT2D eigenvalue weighted by molar-refractivity contribution is 9.10. The molecule has 3 heterocycles. The average Bonchev–Trinajstić information content (AvgIpc) is 3.33. The zero-order valence-electron chi connectivity index (χ0n) is 35.8. The van der Waals surface area contributed by atoms with Crippen LogP contribution < -0.4 is 5.46 Å². The van der Waals surface area contributed by atoms with Gasteiger partial charge in [-0.3, -0.25) is 15.0 Å². The van der Waals surface area contributed by atoms with Crippen molar-refractivity contribution in [3.63, 3.8) is 0 Å². The average molecular weight is 1110 g/mol. The Balaban J connectivity index is 0.000000220. The Morgan fingerprint density at radius 1 is 0.373 bits per heavy atom. The van der Waals surface area contributed by atoms with Gasteiger partial charge in [-0.1, -0.05) is 68.3 Å². The van der Waals surface area contributed by atoms with Crippen LogP contribution in [0.4, 0.5) is 0 Å². The maximum Gasteiger partial charge on any atom is 0.488 e. The fraction of sp³-hybridized carbons (Fsp3) is 0.170. The molecule has 0 fully saturated rings. The Bertz CT molecular complexity index is 2970. The van der Waals surface area contributed by atoms with Crippen LogP contribution in [0.3, 0.4) is 0 Å². The van der Waals surface area contributed by atoms with E-state index >= 15 is 0 Å². The van der Waals surface area contributed by atoms with Gasteiger partial charge in [0.25, 0.3) is 0 Å². The van der Waals surface area contributed by atoms with Crippen LogP contribution in [0.5, 0.6) is 0 Å². The molecule has 350 valence electrons. The molecule has 0 unspecified atom stereocenters. The van der Waals surface area contributed by atoms with Gasteiger partial charge in [0, 0.05) is 46.1 Å². The van der Waals surface area contributed by atoms with Crippen molar-refractivity contribution in [1.82, 2.24) is 15.0 Å². The summed E-state index contributed by atoms with van der Waals surface area (Å²) in [5.74, 6) is -0.367. The van der Waals surface area contributed by atoms with Gasteiger partial charge in [-0.25, -0.2) is 33.7 Å². The summed E-state index contributed by atoms with van der Waals surface area (Å²) in [4.78, 5) is 12.6. The van der Waals surface area contributed by atoms with Gasteiger partial charge >= 0.3 is 7.12 Å². The fourth-order valence-corrected chi connectivity index (χ4v) is 13.1.